The third-order valence-corrected chi connectivity index (χ3v) is 8.87. The molecule has 0 N–H and O–H groups in total. The summed E-state index contributed by atoms with van der Waals surface area (Å²) in [6.07, 6.45) is 0. The Kier molecular flexibility index (Phi) is 6.59. The average molecular weight is 524 g/mol. The number of halogens is 1. The van der Waals surface area contributed by atoms with Gasteiger partial charge < -0.3 is 14.7 Å². The largest absolute Gasteiger partial charge is 0.336 e. The number of fused-ring (bicyclic) bond motifs is 2. The van der Waals surface area contributed by atoms with Crippen molar-refractivity contribution in [2.75, 3.05) is 37.6 Å². The van der Waals surface area contributed by atoms with Crippen LogP contribution in [0.4, 0.5) is 5.69 Å². The van der Waals surface area contributed by atoms with Gasteiger partial charge in [0.2, 0.25) is 9.84 Å². The lowest BCUT2D eigenvalue weighted by Crippen LogP contribution is -2.48. The van der Waals surface area contributed by atoms with E-state index < -0.39 is 15.7 Å². The minimum Gasteiger partial charge on any atom is -0.336 e. The van der Waals surface area contributed by atoms with Crippen molar-refractivity contribution in [1.82, 2.24) is 9.80 Å². The van der Waals surface area contributed by atoms with Gasteiger partial charge in [-0.05, 0) is 54.6 Å². The van der Waals surface area contributed by atoms with Crippen LogP contribution in [0.2, 0.25) is 5.02 Å². The molecule has 0 aliphatic carbocycles. The van der Waals surface area contributed by atoms with Gasteiger partial charge in [-0.3, -0.25) is 9.59 Å². The van der Waals surface area contributed by atoms with E-state index in [2.05, 4.69) is 11.8 Å². The molecule has 36 heavy (non-hydrogen) atoms. The summed E-state index contributed by atoms with van der Waals surface area (Å²) >= 11 is 6.18. The van der Waals surface area contributed by atoms with E-state index in [-0.39, 0.29) is 33.5 Å². The molecule has 0 saturated carbocycles. The fourth-order valence-electron chi connectivity index (χ4n) is 4.76. The van der Waals surface area contributed by atoms with Gasteiger partial charge in [0, 0.05) is 36.8 Å². The summed E-state index contributed by atoms with van der Waals surface area (Å²) in [6.45, 7) is 5.89. The summed E-state index contributed by atoms with van der Waals surface area (Å²) < 4.78 is 27.3. The predicted octanol–water partition coefficient (Wildman–Crippen LogP) is 4.11. The second-order valence-corrected chi connectivity index (χ2v) is 11.3. The van der Waals surface area contributed by atoms with E-state index >= 15 is 0 Å². The first-order valence-electron chi connectivity index (χ1n) is 11.9. The molecule has 2 heterocycles. The molecule has 186 valence electrons. The molecule has 0 atom stereocenters. The predicted molar refractivity (Wildman–Crippen MR) is 138 cm³/mol. The Hall–Kier alpha value is -3.20. The second kappa shape index (κ2) is 9.69. The van der Waals surface area contributed by atoms with E-state index in [1.165, 1.54) is 29.2 Å². The normalized spacial score (nSPS) is 17.3. The zero-order valence-corrected chi connectivity index (χ0v) is 21.4. The van der Waals surface area contributed by atoms with Crippen molar-refractivity contribution in [2.24, 2.45) is 0 Å². The molecule has 0 spiro atoms. The fourth-order valence-corrected chi connectivity index (χ4v) is 6.61. The van der Waals surface area contributed by atoms with Crippen molar-refractivity contribution in [3.63, 3.8) is 0 Å². The molecule has 3 aromatic carbocycles. The monoisotopic (exact) mass is 523 g/mol. The molecule has 0 bridgehead atoms. The third kappa shape index (κ3) is 4.40. The number of rotatable bonds is 4. The van der Waals surface area contributed by atoms with Crippen LogP contribution in [-0.4, -0.2) is 62.8 Å². The number of nitrogens with zero attached hydrogens (tertiary/aromatic N) is 3. The van der Waals surface area contributed by atoms with Crippen molar-refractivity contribution >= 4 is 38.9 Å². The number of hydrogen-bond acceptors (Lipinski definition) is 5. The first kappa shape index (κ1) is 24.5. The number of anilines is 1. The zero-order valence-electron chi connectivity index (χ0n) is 19.9. The van der Waals surface area contributed by atoms with Gasteiger partial charge in [-0.1, -0.05) is 42.8 Å². The lowest BCUT2D eigenvalue weighted by Gasteiger charge is -2.34. The van der Waals surface area contributed by atoms with Gasteiger partial charge >= 0.3 is 0 Å². The fraction of sp³-hybridized carbons (Fsp3) is 0.259. The Morgan fingerprint density at radius 2 is 1.67 bits per heavy atom. The lowest BCUT2D eigenvalue weighted by atomic mass is 10.1. The van der Waals surface area contributed by atoms with Crippen molar-refractivity contribution in [3.8, 4) is 0 Å². The molecular formula is C27H26ClN3O4S. The molecular weight excluding hydrogens is 498 g/mol. The first-order chi connectivity index (χ1) is 17.3. The zero-order chi connectivity index (χ0) is 25.4. The number of carbonyl (C=O) groups is 2. The molecule has 5 rings (SSSR count). The molecule has 3 aromatic rings. The summed E-state index contributed by atoms with van der Waals surface area (Å²) in [5.74, 6) is -0.628. The number of piperazine rings is 1. The standard InChI is InChI=1S/C27H26ClN3O4S/c1-2-29-12-14-30(15-13-29)26(32)20-10-11-25-23(17-20)31(18-19-6-5-7-21(28)16-19)27(33)22-8-3-4-9-24(22)36(25,34)35/h3-11,16-17H,2,12-15,18H2,1H3. The van der Waals surface area contributed by atoms with Crippen LogP contribution in [0, 0.1) is 0 Å². The number of sulfone groups is 1. The molecule has 2 amide bonds. The molecule has 2 aliphatic rings. The van der Waals surface area contributed by atoms with E-state index in [4.69, 9.17) is 11.6 Å². The van der Waals surface area contributed by atoms with Gasteiger partial charge in [0.1, 0.15) is 0 Å². The van der Waals surface area contributed by atoms with Gasteiger partial charge in [-0.25, -0.2) is 8.42 Å². The Labute approximate surface area is 215 Å². The smallest absolute Gasteiger partial charge is 0.259 e. The average Bonchev–Trinajstić information content (AvgIpc) is 2.96. The maximum Gasteiger partial charge on any atom is 0.259 e. The molecule has 7 nitrogen and oxygen atoms in total. The maximum absolute atomic E-state index is 13.8. The van der Waals surface area contributed by atoms with Gasteiger partial charge in [0.15, 0.2) is 0 Å². The first-order valence-corrected chi connectivity index (χ1v) is 13.7. The molecule has 2 aliphatic heterocycles. The van der Waals surface area contributed by atoms with Crippen LogP contribution in [-0.2, 0) is 16.4 Å². The lowest BCUT2D eigenvalue weighted by molar-refractivity contribution is 0.0643. The molecule has 0 unspecified atom stereocenters. The Balaban J connectivity index is 1.61. The Morgan fingerprint density at radius 3 is 2.39 bits per heavy atom. The molecule has 0 radical (unpaired) electrons. The molecule has 9 heteroatoms. The number of likely N-dealkylation sites (N-methyl/N-ethyl adjacent to an activating group) is 1. The molecule has 1 saturated heterocycles. The van der Waals surface area contributed by atoms with Gasteiger partial charge in [0.05, 0.1) is 27.6 Å². The highest BCUT2D eigenvalue weighted by Crippen LogP contribution is 2.38. The maximum atomic E-state index is 13.8. The third-order valence-electron chi connectivity index (χ3n) is 6.77. The molecule has 0 aromatic heterocycles. The van der Waals surface area contributed by atoms with Crippen LogP contribution in [0.15, 0.2) is 76.5 Å². The minimum absolute atomic E-state index is 0.00446. The van der Waals surface area contributed by atoms with Gasteiger partial charge in [0.25, 0.3) is 11.8 Å². The van der Waals surface area contributed by atoms with Crippen molar-refractivity contribution in [1.29, 1.82) is 0 Å². The van der Waals surface area contributed by atoms with E-state index in [9.17, 15) is 18.0 Å². The summed E-state index contributed by atoms with van der Waals surface area (Å²) in [5.41, 5.74) is 1.38. The van der Waals surface area contributed by atoms with Crippen LogP contribution in [0.3, 0.4) is 0 Å². The van der Waals surface area contributed by atoms with Crippen molar-refractivity contribution in [3.05, 3.63) is 88.4 Å². The van der Waals surface area contributed by atoms with Crippen molar-refractivity contribution in [2.45, 2.75) is 23.3 Å². The highest BCUT2D eigenvalue weighted by atomic mass is 35.5. The number of hydrogen-bond donors (Lipinski definition) is 0. The second-order valence-electron chi connectivity index (χ2n) is 8.93. The molecule has 1 fully saturated rings. The Morgan fingerprint density at radius 1 is 0.917 bits per heavy atom. The number of carbonyl (C=O) groups excluding carboxylic acids is 2. The highest BCUT2D eigenvalue weighted by Gasteiger charge is 2.36. The van der Waals surface area contributed by atoms with Crippen LogP contribution in [0.5, 0.6) is 0 Å². The SMILES string of the molecule is CCN1CCN(C(=O)c2ccc3c(c2)N(Cc2cccc(Cl)c2)C(=O)c2ccccc2S3(=O)=O)CC1. The highest BCUT2D eigenvalue weighted by molar-refractivity contribution is 7.91. The summed E-state index contributed by atoms with van der Waals surface area (Å²) in [6, 6.07) is 17.8. The van der Waals surface area contributed by atoms with E-state index in [1.807, 2.05) is 6.07 Å². The van der Waals surface area contributed by atoms with E-state index in [0.29, 0.717) is 23.7 Å². The minimum atomic E-state index is -4.00. The summed E-state index contributed by atoms with van der Waals surface area (Å²) in [4.78, 5) is 32.6. The van der Waals surface area contributed by atoms with Crippen LogP contribution >= 0.6 is 11.6 Å². The topological polar surface area (TPSA) is 78.0 Å². The summed E-state index contributed by atoms with van der Waals surface area (Å²) in [5, 5.41) is 0.512. The quantitative estimate of drug-likeness (QED) is 0.514. The Bertz CT molecular complexity index is 1450. The number of benzene rings is 3. The van der Waals surface area contributed by atoms with Crippen LogP contribution in [0.25, 0.3) is 0 Å². The van der Waals surface area contributed by atoms with Crippen LogP contribution in [0.1, 0.15) is 33.2 Å². The summed E-state index contributed by atoms with van der Waals surface area (Å²) in [7, 11) is -4.00. The van der Waals surface area contributed by atoms with E-state index in [1.54, 1.807) is 41.3 Å². The van der Waals surface area contributed by atoms with E-state index in [0.717, 1.165) is 25.2 Å². The van der Waals surface area contributed by atoms with Gasteiger partial charge in [-0.15, -0.1) is 0 Å². The van der Waals surface area contributed by atoms with Crippen molar-refractivity contribution < 1.29 is 18.0 Å². The number of amides is 2. The van der Waals surface area contributed by atoms with Crippen LogP contribution < -0.4 is 4.90 Å². The van der Waals surface area contributed by atoms with Gasteiger partial charge in [-0.2, -0.15) is 0 Å².